The highest BCUT2D eigenvalue weighted by molar-refractivity contribution is 5.82. The van der Waals surface area contributed by atoms with Gasteiger partial charge in [0.2, 0.25) is 0 Å². The third-order valence-electron chi connectivity index (χ3n) is 4.41. The van der Waals surface area contributed by atoms with Gasteiger partial charge in [-0.1, -0.05) is 12.1 Å². The molecule has 4 heteroatoms. The van der Waals surface area contributed by atoms with E-state index < -0.39 is 0 Å². The Morgan fingerprint density at radius 1 is 1.37 bits per heavy atom. The van der Waals surface area contributed by atoms with Crippen molar-refractivity contribution >= 4 is 10.9 Å². The predicted molar refractivity (Wildman–Crippen MR) is 78.0 cm³/mol. The second-order valence-corrected chi connectivity index (χ2v) is 5.78. The average molecular weight is 258 g/mol. The van der Waals surface area contributed by atoms with Crippen LogP contribution in [0.2, 0.25) is 0 Å². The fourth-order valence-electron chi connectivity index (χ4n) is 3.33. The molecule has 1 aromatic heterocycles. The first kappa shape index (κ1) is 12.6. The average Bonchev–Trinajstić information content (AvgIpc) is 2.91. The number of fused-ring (bicyclic) bond motifs is 1. The standard InChI is InChI=1S/C15H22N4/c1-10-13-5-4-12(7-15(13)19(3)17-10)14-6-11(8-16)9-18(14)2/h4-5,7,11,14H,6,8-9,16H2,1-3H3. The van der Waals surface area contributed by atoms with Crippen molar-refractivity contribution in [1.29, 1.82) is 0 Å². The Morgan fingerprint density at radius 3 is 2.84 bits per heavy atom. The fraction of sp³-hybridized carbons (Fsp3) is 0.533. The zero-order valence-corrected chi connectivity index (χ0v) is 11.9. The summed E-state index contributed by atoms with van der Waals surface area (Å²) in [5, 5.41) is 5.74. The van der Waals surface area contributed by atoms with E-state index in [2.05, 4.69) is 42.2 Å². The van der Waals surface area contributed by atoms with Crippen LogP contribution >= 0.6 is 0 Å². The van der Waals surface area contributed by atoms with Gasteiger partial charge in [-0.25, -0.2) is 0 Å². The Balaban J connectivity index is 1.99. The zero-order chi connectivity index (χ0) is 13.6. The third kappa shape index (κ3) is 2.05. The molecule has 1 aliphatic rings. The molecule has 0 aliphatic carbocycles. The number of nitrogens with zero attached hydrogens (tertiary/aromatic N) is 3. The Labute approximate surface area is 114 Å². The number of hydrogen-bond acceptors (Lipinski definition) is 3. The van der Waals surface area contributed by atoms with Crippen LogP contribution < -0.4 is 5.73 Å². The summed E-state index contributed by atoms with van der Waals surface area (Å²) in [6.07, 6.45) is 1.16. The zero-order valence-electron chi connectivity index (χ0n) is 11.9. The molecule has 0 saturated carbocycles. The topological polar surface area (TPSA) is 47.1 Å². The molecule has 0 radical (unpaired) electrons. The number of nitrogens with two attached hydrogens (primary N) is 1. The Hall–Kier alpha value is -1.39. The number of benzene rings is 1. The number of hydrogen-bond donors (Lipinski definition) is 1. The van der Waals surface area contributed by atoms with Crippen molar-refractivity contribution in [2.24, 2.45) is 18.7 Å². The minimum absolute atomic E-state index is 0.494. The molecule has 0 amide bonds. The van der Waals surface area contributed by atoms with E-state index in [4.69, 9.17) is 5.73 Å². The lowest BCUT2D eigenvalue weighted by molar-refractivity contribution is 0.314. The Kier molecular flexibility index (Phi) is 3.07. The van der Waals surface area contributed by atoms with E-state index in [1.807, 2.05) is 11.7 Å². The number of aryl methyl sites for hydroxylation is 2. The molecule has 1 fully saturated rings. The van der Waals surface area contributed by atoms with Gasteiger partial charge in [-0.2, -0.15) is 5.10 Å². The molecular formula is C15H22N4. The quantitative estimate of drug-likeness (QED) is 0.894. The molecule has 19 heavy (non-hydrogen) atoms. The SMILES string of the molecule is Cc1nn(C)c2cc(C3CC(CN)CN3C)ccc12. The van der Waals surface area contributed by atoms with Gasteiger partial charge in [-0.3, -0.25) is 9.58 Å². The largest absolute Gasteiger partial charge is 0.330 e. The van der Waals surface area contributed by atoms with Gasteiger partial charge in [0.25, 0.3) is 0 Å². The molecule has 2 atom stereocenters. The van der Waals surface area contributed by atoms with Crippen LogP contribution in [0.1, 0.15) is 23.7 Å². The number of aromatic nitrogens is 2. The van der Waals surface area contributed by atoms with Crippen molar-refractivity contribution in [3.05, 3.63) is 29.5 Å². The van der Waals surface area contributed by atoms with Gasteiger partial charge in [0.05, 0.1) is 11.2 Å². The lowest BCUT2D eigenvalue weighted by Gasteiger charge is -2.19. The number of likely N-dealkylation sites (tertiary alicyclic amines) is 1. The molecule has 0 spiro atoms. The van der Waals surface area contributed by atoms with Crippen LogP contribution in [-0.2, 0) is 7.05 Å². The first-order valence-corrected chi connectivity index (χ1v) is 6.93. The monoisotopic (exact) mass is 258 g/mol. The summed E-state index contributed by atoms with van der Waals surface area (Å²) in [7, 11) is 4.21. The van der Waals surface area contributed by atoms with E-state index in [0.29, 0.717) is 12.0 Å². The van der Waals surface area contributed by atoms with Gasteiger partial charge in [0, 0.05) is 25.0 Å². The van der Waals surface area contributed by atoms with Crippen molar-refractivity contribution in [3.63, 3.8) is 0 Å². The van der Waals surface area contributed by atoms with Crippen molar-refractivity contribution in [2.75, 3.05) is 20.1 Å². The molecule has 4 nitrogen and oxygen atoms in total. The van der Waals surface area contributed by atoms with Gasteiger partial charge in [-0.05, 0) is 44.5 Å². The van der Waals surface area contributed by atoms with E-state index in [-0.39, 0.29) is 0 Å². The fourth-order valence-corrected chi connectivity index (χ4v) is 3.33. The first-order chi connectivity index (χ1) is 9.10. The van der Waals surface area contributed by atoms with Crippen LogP contribution in [0.25, 0.3) is 10.9 Å². The van der Waals surface area contributed by atoms with Crippen molar-refractivity contribution in [3.8, 4) is 0 Å². The highest BCUT2D eigenvalue weighted by Gasteiger charge is 2.29. The summed E-state index contributed by atoms with van der Waals surface area (Å²) >= 11 is 0. The van der Waals surface area contributed by atoms with E-state index in [9.17, 15) is 0 Å². The molecule has 0 bridgehead atoms. The molecule has 2 unspecified atom stereocenters. The molecular weight excluding hydrogens is 236 g/mol. The van der Waals surface area contributed by atoms with Crippen LogP contribution in [0.5, 0.6) is 0 Å². The summed E-state index contributed by atoms with van der Waals surface area (Å²) in [4.78, 5) is 2.42. The second-order valence-electron chi connectivity index (χ2n) is 5.78. The van der Waals surface area contributed by atoms with Gasteiger partial charge < -0.3 is 5.73 Å². The maximum Gasteiger partial charge on any atom is 0.0685 e. The van der Waals surface area contributed by atoms with E-state index >= 15 is 0 Å². The minimum Gasteiger partial charge on any atom is -0.330 e. The maximum absolute atomic E-state index is 5.81. The normalized spacial score (nSPS) is 24.4. The van der Waals surface area contributed by atoms with Gasteiger partial charge in [-0.15, -0.1) is 0 Å². The summed E-state index contributed by atoms with van der Waals surface area (Å²) in [5.74, 6) is 0.624. The van der Waals surface area contributed by atoms with Crippen LogP contribution in [0.15, 0.2) is 18.2 Å². The first-order valence-electron chi connectivity index (χ1n) is 6.93. The summed E-state index contributed by atoms with van der Waals surface area (Å²) < 4.78 is 1.98. The van der Waals surface area contributed by atoms with Crippen molar-refractivity contribution in [2.45, 2.75) is 19.4 Å². The van der Waals surface area contributed by atoms with E-state index in [0.717, 1.165) is 25.2 Å². The predicted octanol–water partition coefficient (Wildman–Crippen LogP) is 1.83. The summed E-state index contributed by atoms with van der Waals surface area (Å²) in [6, 6.07) is 7.23. The molecule has 3 rings (SSSR count). The van der Waals surface area contributed by atoms with Crippen LogP contribution in [0.4, 0.5) is 0 Å². The summed E-state index contributed by atoms with van der Waals surface area (Å²) in [5.41, 5.74) is 9.52. The second kappa shape index (κ2) is 4.62. The third-order valence-corrected chi connectivity index (χ3v) is 4.41. The van der Waals surface area contributed by atoms with Crippen molar-refractivity contribution < 1.29 is 0 Å². The lowest BCUT2D eigenvalue weighted by Crippen LogP contribution is -2.20. The Bertz CT molecular complexity index is 601. The highest BCUT2D eigenvalue weighted by Crippen LogP contribution is 2.35. The van der Waals surface area contributed by atoms with E-state index in [1.54, 1.807) is 0 Å². The molecule has 1 saturated heterocycles. The smallest absolute Gasteiger partial charge is 0.0685 e. The minimum atomic E-state index is 0.494. The van der Waals surface area contributed by atoms with Crippen LogP contribution in [-0.4, -0.2) is 34.8 Å². The molecule has 2 heterocycles. The van der Waals surface area contributed by atoms with Gasteiger partial charge in [0.15, 0.2) is 0 Å². The Morgan fingerprint density at radius 2 is 2.16 bits per heavy atom. The molecule has 1 aromatic carbocycles. The van der Waals surface area contributed by atoms with Crippen LogP contribution in [0.3, 0.4) is 0 Å². The maximum atomic E-state index is 5.81. The summed E-state index contributed by atoms with van der Waals surface area (Å²) in [6.45, 7) is 3.95. The molecule has 102 valence electrons. The van der Waals surface area contributed by atoms with E-state index in [1.165, 1.54) is 16.5 Å². The molecule has 2 aromatic rings. The lowest BCUT2D eigenvalue weighted by atomic mass is 9.99. The number of rotatable bonds is 2. The van der Waals surface area contributed by atoms with Gasteiger partial charge >= 0.3 is 0 Å². The van der Waals surface area contributed by atoms with Crippen LogP contribution in [0, 0.1) is 12.8 Å². The molecule has 1 aliphatic heterocycles. The highest BCUT2D eigenvalue weighted by atomic mass is 15.3. The molecule has 2 N–H and O–H groups in total. The van der Waals surface area contributed by atoms with Gasteiger partial charge in [0.1, 0.15) is 0 Å². The van der Waals surface area contributed by atoms with Crippen molar-refractivity contribution in [1.82, 2.24) is 14.7 Å².